The molecule has 3 aliphatic carbocycles. The fourth-order valence-corrected chi connectivity index (χ4v) is 7.01. The minimum Gasteiger partial charge on any atom is -0.0826 e. The highest BCUT2D eigenvalue weighted by molar-refractivity contribution is 14.1. The van der Waals surface area contributed by atoms with Crippen LogP contribution in [0.15, 0.2) is 30.3 Å². The zero-order valence-corrected chi connectivity index (χ0v) is 17.9. The number of benzene rings is 1. The van der Waals surface area contributed by atoms with Crippen LogP contribution in [-0.2, 0) is 0 Å². The molecule has 0 bridgehead atoms. The zero-order chi connectivity index (χ0) is 17.1. The van der Waals surface area contributed by atoms with Crippen LogP contribution >= 0.6 is 22.6 Å². The van der Waals surface area contributed by atoms with Crippen molar-refractivity contribution in [1.29, 1.82) is 0 Å². The second-order valence-electron chi connectivity index (χ2n) is 9.21. The molecule has 0 spiro atoms. The number of halogens is 1. The van der Waals surface area contributed by atoms with Gasteiger partial charge >= 0.3 is 0 Å². The first-order valence-corrected chi connectivity index (χ1v) is 12.2. The van der Waals surface area contributed by atoms with Crippen molar-refractivity contribution in [2.75, 3.05) is 0 Å². The van der Waals surface area contributed by atoms with E-state index in [-0.39, 0.29) is 0 Å². The summed E-state index contributed by atoms with van der Waals surface area (Å²) in [4.78, 5) is 0. The summed E-state index contributed by atoms with van der Waals surface area (Å²) in [5.41, 5.74) is 1.59. The van der Waals surface area contributed by atoms with E-state index in [4.69, 9.17) is 0 Å². The Morgan fingerprint density at radius 2 is 0.920 bits per heavy atom. The van der Waals surface area contributed by atoms with Crippen LogP contribution in [0, 0.1) is 23.7 Å². The largest absolute Gasteiger partial charge is 0.0826 e. The lowest BCUT2D eigenvalue weighted by molar-refractivity contribution is 0.121. The standard InChI is InChI=1S/C24H35I/c25-24-16-14-23(15-17-24)22-12-10-21(11-13-22)20-8-6-19(7-9-20)18-4-2-1-3-5-18/h1-5,19-24H,6-17H2. The van der Waals surface area contributed by atoms with E-state index < -0.39 is 0 Å². The Bertz CT molecular complexity index is 500. The fraction of sp³-hybridized carbons (Fsp3) is 0.750. The van der Waals surface area contributed by atoms with E-state index in [1.165, 1.54) is 51.4 Å². The molecule has 4 rings (SSSR count). The molecule has 0 nitrogen and oxygen atoms in total. The summed E-state index contributed by atoms with van der Waals surface area (Å²) in [6, 6.07) is 11.3. The first kappa shape index (κ1) is 18.3. The van der Waals surface area contributed by atoms with E-state index in [0.29, 0.717) is 0 Å². The summed E-state index contributed by atoms with van der Waals surface area (Å²) < 4.78 is 0.977. The van der Waals surface area contributed by atoms with Gasteiger partial charge in [-0.05, 0) is 112 Å². The lowest BCUT2D eigenvalue weighted by atomic mass is 9.65. The van der Waals surface area contributed by atoms with E-state index in [2.05, 4.69) is 52.9 Å². The maximum absolute atomic E-state index is 2.68. The molecule has 138 valence electrons. The minimum absolute atomic E-state index is 0.845. The van der Waals surface area contributed by atoms with Gasteiger partial charge in [-0.25, -0.2) is 0 Å². The monoisotopic (exact) mass is 450 g/mol. The molecule has 0 atom stereocenters. The minimum atomic E-state index is 0.845. The Kier molecular flexibility index (Phi) is 6.42. The summed E-state index contributed by atoms with van der Waals surface area (Å²) in [5, 5.41) is 0. The summed E-state index contributed by atoms with van der Waals surface area (Å²) >= 11 is 2.68. The molecule has 1 heteroatoms. The van der Waals surface area contributed by atoms with Gasteiger partial charge < -0.3 is 0 Å². The first-order valence-electron chi connectivity index (χ1n) is 11.0. The Hall–Kier alpha value is -0.0500. The van der Waals surface area contributed by atoms with Gasteiger partial charge in [0.1, 0.15) is 0 Å². The second-order valence-corrected chi connectivity index (χ2v) is 11.0. The average molecular weight is 450 g/mol. The SMILES string of the molecule is IC1CCC(C2CCC(C3CCC(c4ccccc4)CC3)CC2)CC1. The first-order chi connectivity index (χ1) is 12.3. The van der Waals surface area contributed by atoms with Crippen molar-refractivity contribution in [1.82, 2.24) is 0 Å². The van der Waals surface area contributed by atoms with Gasteiger partial charge in [0.25, 0.3) is 0 Å². The number of hydrogen-bond acceptors (Lipinski definition) is 0. The summed E-state index contributed by atoms with van der Waals surface area (Å²) in [5.74, 6) is 5.12. The van der Waals surface area contributed by atoms with Gasteiger partial charge in [-0.1, -0.05) is 52.9 Å². The Balaban J connectivity index is 1.22. The highest BCUT2D eigenvalue weighted by Gasteiger charge is 2.34. The van der Waals surface area contributed by atoms with Gasteiger partial charge in [0.05, 0.1) is 0 Å². The van der Waals surface area contributed by atoms with Crippen molar-refractivity contribution in [3.63, 3.8) is 0 Å². The summed E-state index contributed by atoms with van der Waals surface area (Å²) in [7, 11) is 0. The van der Waals surface area contributed by atoms with Crippen LogP contribution in [0.4, 0.5) is 0 Å². The van der Waals surface area contributed by atoms with E-state index in [1.807, 2.05) is 0 Å². The zero-order valence-electron chi connectivity index (χ0n) is 15.7. The van der Waals surface area contributed by atoms with E-state index in [0.717, 1.165) is 33.5 Å². The predicted octanol–water partition coefficient (Wildman–Crippen LogP) is 7.76. The maximum atomic E-state index is 2.68. The van der Waals surface area contributed by atoms with Crippen LogP contribution in [0.5, 0.6) is 0 Å². The van der Waals surface area contributed by atoms with Crippen LogP contribution in [0.3, 0.4) is 0 Å². The predicted molar refractivity (Wildman–Crippen MR) is 116 cm³/mol. The van der Waals surface area contributed by atoms with E-state index >= 15 is 0 Å². The van der Waals surface area contributed by atoms with Crippen molar-refractivity contribution < 1.29 is 0 Å². The van der Waals surface area contributed by atoms with Gasteiger partial charge in [0.2, 0.25) is 0 Å². The summed E-state index contributed by atoms with van der Waals surface area (Å²) in [6.45, 7) is 0. The van der Waals surface area contributed by atoms with Crippen molar-refractivity contribution in [3.05, 3.63) is 35.9 Å². The lowest BCUT2D eigenvalue weighted by Gasteiger charge is -2.41. The van der Waals surface area contributed by atoms with Gasteiger partial charge in [-0.2, -0.15) is 0 Å². The van der Waals surface area contributed by atoms with Crippen LogP contribution in [0.2, 0.25) is 0 Å². The number of rotatable bonds is 3. The Morgan fingerprint density at radius 1 is 0.520 bits per heavy atom. The van der Waals surface area contributed by atoms with Gasteiger partial charge in [0.15, 0.2) is 0 Å². The quantitative estimate of drug-likeness (QED) is 0.326. The molecule has 0 aromatic heterocycles. The van der Waals surface area contributed by atoms with Crippen molar-refractivity contribution in [2.45, 2.75) is 86.9 Å². The molecular weight excluding hydrogens is 415 g/mol. The Labute approximate surface area is 168 Å². The molecule has 0 radical (unpaired) electrons. The fourth-order valence-electron chi connectivity index (χ4n) is 6.29. The molecule has 0 saturated heterocycles. The third kappa shape index (κ3) is 4.62. The molecule has 0 aliphatic heterocycles. The normalized spacial score (nSPS) is 39.9. The van der Waals surface area contributed by atoms with Crippen molar-refractivity contribution >= 4 is 22.6 Å². The average Bonchev–Trinajstić information content (AvgIpc) is 2.70. The third-order valence-corrected chi connectivity index (χ3v) is 9.14. The van der Waals surface area contributed by atoms with E-state index in [9.17, 15) is 0 Å². The second kappa shape index (κ2) is 8.76. The smallest absolute Gasteiger partial charge is 0.0110 e. The molecule has 1 aromatic carbocycles. The molecule has 3 fully saturated rings. The molecule has 0 unspecified atom stereocenters. The summed E-state index contributed by atoms with van der Waals surface area (Å²) in [6.07, 6.45) is 18.1. The van der Waals surface area contributed by atoms with Gasteiger partial charge in [0, 0.05) is 3.92 Å². The third-order valence-electron chi connectivity index (χ3n) is 7.89. The van der Waals surface area contributed by atoms with Crippen LogP contribution in [0.25, 0.3) is 0 Å². The van der Waals surface area contributed by atoms with E-state index in [1.54, 1.807) is 31.2 Å². The molecule has 0 amide bonds. The molecule has 0 heterocycles. The van der Waals surface area contributed by atoms with Crippen LogP contribution < -0.4 is 0 Å². The Morgan fingerprint density at radius 3 is 1.40 bits per heavy atom. The van der Waals surface area contributed by atoms with Crippen molar-refractivity contribution in [3.8, 4) is 0 Å². The number of alkyl halides is 1. The van der Waals surface area contributed by atoms with Crippen LogP contribution in [0.1, 0.15) is 88.5 Å². The highest BCUT2D eigenvalue weighted by atomic mass is 127. The topological polar surface area (TPSA) is 0 Å². The highest BCUT2D eigenvalue weighted by Crippen LogP contribution is 2.47. The van der Waals surface area contributed by atoms with Crippen LogP contribution in [-0.4, -0.2) is 3.92 Å². The molecule has 25 heavy (non-hydrogen) atoms. The maximum Gasteiger partial charge on any atom is 0.0110 e. The molecule has 1 aromatic rings. The number of hydrogen-bond donors (Lipinski definition) is 0. The van der Waals surface area contributed by atoms with Gasteiger partial charge in [-0.3, -0.25) is 0 Å². The molecule has 0 N–H and O–H groups in total. The molecule has 3 saturated carbocycles. The molecular formula is C24H35I. The van der Waals surface area contributed by atoms with Gasteiger partial charge in [-0.15, -0.1) is 0 Å². The lowest BCUT2D eigenvalue weighted by Crippen LogP contribution is -2.29. The molecule has 3 aliphatic rings. The van der Waals surface area contributed by atoms with Crippen molar-refractivity contribution in [2.24, 2.45) is 23.7 Å².